The maximum atomic E-state index is 13.0. The van der Waals surface area contributed by atoms with Crippen LogP contribution in [0.3, 0.4) is 0 Å². The average molecular weight is 314 g/mol. The molecule has 21 heavy (non-hydrogen) atoms. The number of pyridine rings is 1. The van der Waals surface area contributed by atoms with Crippen molar-refractivity contribution < 1.29 is 13.2 Å². The number of rotatable bonds is 2. The molecular weight excluding hydrogens is 301 g/mol. The van der Waals surface area contributed by atoms with Crippen LogP contribution in [0.5, 0.6) is 0 Å². The fourth-order valence-electron chi connectivity index (χ4n) is 2.48. The Balaban J connectivity index is 1.84. The van der Waals surface area contributed by atoms with Crippen molar-refractivity contribution in [2.45, 2.75) is 25.1 Å². The van der Waals surface area contributed by atoms with Gasteiger partial charge in [0, 0.05) is 23.7 Å². The SMILES string of the molecule is Nc1csc(-c2ccc(N3CCC[C@@H]3C(F)(F)F)nc2)n1. The van der Waals surface area contributed by atoms with Gasteiger partial charge in [-0.3, -0.25) is 0 Å². The zero-order valence-corrected chi connectivity index (χ0v) is 11.8. The molecule has 8 heteroatoms. The standard InChI is InChI=1S/C13H13F3N4S/c14-13(15,16)9-2-1-5-20(9)11-4-3-8(6-18-11)12-19-10(17)7-21-12/h3-4,6-7,9H,1-2,5,17H2/t9-/m1/s1. The van der Waals surface area contributed by atoms with Crippen LogP contribution >= 0.6 is 11.3 Å². The monoisotopic (exact) mass is 314 g/mol. The molecule has 0 unspecified atom stereocenters. The fraction of sp³-hybridized carbons (Fsp3) is 0.385. The maximum absolute atomic E-state index is 13.0. The van der Waals surface area contributed by atoms with Crippen molar-refractivity contribution in [1.82, 2.24) is 9.97 Å². The van der Waals surface area contributed by atoms with E-state index in [4.69, 9.17) is 5.73 Å². The normalized spacial score (nSPS) is 19.2. The van der Waals surface area contributed by atoms with Crippen molar-refractivity contribution in [2.75, 3.05) is 17.2 Å². The number of alkyl halides is 3. The van der Waals surface area contributed by atoms with E-state index in [1.807, 2.05) is 0 Å². The summed E-state index contributed by atoms with van der Waals surface area (Å²) in [7, 11) is 0. The highest BCUT2D eigenvalue weighted by atomic mass is 32.1. The zero-order valence-electron chi connectivity index (χ0n) is 11.0. The van der Waals surface area contributed by atoms with Crippen LogP contribution in [0.1, 0.15) is 12.8 Å². The Kier molecular flexibility index (Phi) is 3.48. The van der Waals surface area contributed by atoms with Gasteiger partial charge < -0.3 is 10.6 Å². The van der Waals surface area contributed by atoms with Gasteiger partial charge in [-0.15, -0.1) is 11.3 Å². The molecule has 0 aromatic carbocycles. The quantitative estimate of drug-likeness (QED) is 0.924. The Morgan fingerprint density at radius 1 is 1.33 bits per heavy atom. The van der Waals surface area contributed by atoms with Gasteiger partial charge in [0.05, 0.1) is 0 Å². The first-order valence-electron chi connectivity index (χ1n) is 6.46. The summed E-state index contributed by atoms with van der Waals surface area (Å²) >= 11 is 1.38. The zero-order chi connectivity index (χ0) is 15.0. The summed E-state index contributed by atoms with van der Waals surface area (Å²) in [5.74, 6) is 0.777. The lowest BCUT2D eigenvalue weighted by atomic mass is 10.2. The number of anilines is 2. The van der Waals surface area contributed by atoms with Crippen molar-refractivity contribution in [3.63, 3.8) is 0 Å². The Bertz CT molecular complexity index is 623. The minimum Gasteiger partial charge on any atom is -0.383 e. The number of nitrogen functional groups attached to an aromatic ring is 1. The number of aromatic nitrogens is 2. The van der Waals surface area contributed by atoms with Crippen LogP contribution in [0, 0.1) is 0 Å². The van der Waals surface area contributed by atoms with Gasteiger partial charge in [0.2, 0.25) is 0 Å². The van der Waals surface area contributed by atoms with Crippen molar-refractivity contribution >= 4 is 23.0 Å². The van der Waals surface area contributed by atoms with Gasteiger partial charge in [0.15, 0.2) is 0 Å². The van der Waals surface area contributed by atoms with E-state index in [1.165, 1.54) is 16.2 Å². The van der Waals surface area contributed by atoms with Gasteiger partial charge in [0.1, 0.15) is 22.7 Å². The molecule has 1 aliphatic heterocycles. The summed E-state index contributed by atoms with van der Waals surface area (Å²) in [6.45, 7) is 0.376. The molecule has 0 radical (unpaired) electrons. The molecule has 0 spiro atoms. The number of halogens is 3. The minimum atomic E-state index is -4.22. The van der Waals surface area contributed by atoms with Crippen LogP contribution in [-0.4, -0.2) is 28.7 Å². The van der Waals surface area contributed by atoms with E-state index in [1.54, 1.807) is 23.7 Å². The van der Waals surface area contributed by atoms with Gasteiger partial charge in [-0.2, -0.15) is 13.2 Å². The number of hydrogen-bond acceptors (Lipinski definition) is 5. The molecule has 112 valence electrons. The van der Waals surface area contributed by atoms with Crippen LogP contribution in [-0.2, 0) is 0 Å². The smallest absolute Gasteiger partial charge is 0.383 e. The van der Waals surface area contributed by atoms with E-state index in [0.717, 1.165) is 5.56 Å². The van der Waals surface area contributed by atoms with Crippen LogP contribution in [0.25, 0.3) is 10.6 Å². The molecule has 1 fully saturated rings. The third kappa shape index (κ3) is 2.80. The largest absolute Gasteiger partial charge is 0.408 e. The first-order valence-corrected chi connectivity index (χ1v) is 7.34. The summed E-state index contributed by atoms with van der Waals surface area (Å²) in [4.78, 5) is 9.61. The molecule has 3 rings (SSSR count). The molecular formula is C13H13F3N4S. The highest BCUT2D eigenvalue weighted by molar-refractivity contribution is 7.13. The van der Waals surface area contributed by atoms with Gasteiger partial charge in [-0.1, -0.05) is 0 Å². The molecule has 1 atom stereocenters. The van der Waals surface area contributed by atoms with E-state index in [2.05, 4.69) is 9.97 Å². The number of nitrogens with two attached hydrogens (primary N) is 1. The lowest BCUT2D eigenvalue weighted by molar-refractivity contribution is -0.146. The van der Waals surface area contributed by atoms with E-state index in [0.29, 0.717) is 29.6 Å². The predicted molar refractivity (Wildman–Crippen MR) is 76.2 cm³/mol. The lowest BCUT2D eigenvalue weighted by Gasteiger charge is -2.27. The highest BCUT2D eigenvalue weighted by Crippen LogP contribution is 2.35. The highest BCUT2D eigenvalue weighted by Gasteiger charge is 2.46. The van der Waals surface area contributed by atoms with Gasteiger partial charge in [-0.25, -0.2) is 9.97 Å². The molecule has 0 amide bonds. The van der Waals surface area contributed by atoms with E-state index >= 15 is 0 Å². The number of hydrogen-bond donors (Lipinski definition) is 1. The van der Waals surface area contributed by atoms with Crippen LogP contribution < -0.4 is 10.6 Å². The number of thiazole rings is 1. The summed E-state index contributed by atoms with van der Waals surface area (Å²) in [5, 5.41) is 2.42. The Morgan fingerprint density at radius 2 is 2.14 bits per heavy atom. The van der Waals surface area contributed by atoms with Crippen molar-refractivity contribution in [3.8, 4) is 10.6 Å². The molecule has 2 aromatic rings. The summed E-state index contributed by atoms with van der Waals surface area (Å²) in [6, 6.07) is 1.90. The lowest BCUT2D eigenvalue weighted by Crippen LogP contribution is -2.41. The third-order valence-corrected chi connectivity index (χ3v) is 4.35. The number of nitrogens with zero attached hydrogens (tertiary/aromatic N) is 3. The topological polar surface area (TPSA) is 55.0 Å². The van der Waals surface area contributed by atoms with E-state index in [9.17, 15) is 13.2 Å². The minimum absolute atomic E-state index is 0.121. The molecule has 0 saturated carbocycles. The van der Waals surface area contributed by atoms with Gasteiger partial charge in [0.25, 0.3) is 0 Å². The predicted octanol–water partition coefficient (Wildman–Crippen LogP) is 3.32. The van der Waals surface area contributed by atoms with E-state index in [-0.39, 0.29) is 6.42 Å². The van der Waals surface area contributed by atoms with Crippen molar-refractivity contribution in [3.05, 3.63) is 23.7 Å². The molecule has 0 aliphatic carbocycles. The second-order valence-electron chi connectivity index (χ2n) is 4.88. The molecule has 3 heterocycles. The molecule has 1 aliphatic rings. The summed E-state index contributed by atoms with van der Waals surface area (Å²) in [6.07, 6.45) is -2.04. The summed E-state index contributed by atoms with van der Waals surface area (Å²) in [5.41, 5.74) is 6.31. The molecule has 4 nitrogen and oxygen atoms in total. The van der Waals surface area contributed by atoms with Crippen LogP contribution in [0.2, 0.25) is 0 Å². The molecule has 2 aromatic heterocycles. The van der Waals surface area contributed by atoms with Crippen LogP contribution in [0.4, 0.5) is 24.8 Å². The van der Waals surface area contributed by atoms with Crippen molar-refractivity contribution in [2.24, 2.45) is 0 Å². The van der Waals surface area contributed by atoms with Crippen molar-refractivity contribution in [1.29, 1.82) is 0 Å². The second kappa shape index (κ2) is 5.18. The molecule has 0 bridgehead atoms. The molecule has 1 saturated heterocycles. The maximum Gasteiger partial charge on any atom is 0.408 e. The first kappa shape index (κ1) is 14.1. The van der Waals surface area contributed by atoms with Crippen LogP contribution in [0.15, 0.2) is 23.7 Å². The summed E-state index contributed by atoms with van der Waals surface area (Å²) < 4.78 is 38.9. The van der Waals surface area contributed by atoms with Gasteiger partial charge in [-0.05, 0) is 25.0 Å². The van der Waals surface area contributed by atoms with E-state index < -0.39 is 12.2 Å². The average Bonchev–Trinajstić information content (AvgIpc) is 3.07. The Labute approximate surface area is 123 Å². The Morgan fingerprint density at radius 3 is 2.71 bits per heavy atom. The third-order valence-electron chi connectivity index (χ3n) is 3.44. The first-order chi connectivity index (χ1) is 9.95. The Hall–Kier alpha value is -1.83. The fourth-order valence-corrected chi connectivity index (χ4v) is 3.18. The molecule has 2 N–H and O–H groups in total. The van der Waals surface area contributed by atoms with Gasteiger partial charge >= 0.3 is 6.18 Å². The second-order valence-corrected chi connectivity index (χ2v) is 5.73.